The maximum absolute atomic E-state index is 12.9. The Kier molecular flexibility index (Phi) is 4.34. The molecule has 1 N–H and O–H groups in total. The number of amides is 1. The number of rotatable bonds is 4. The summed E-state index contributed by atoms with van der Waals surface area (Å²) in [7, 11) is 0. The molecule has 1 aromatic carbocycles. The lowest BCUT2D eigenvalue weighted by atomic mass is 10.1. The van der Waals surface area contributed by atoms with Gasteiger partial charge in [-0.05, 0) is 44.9 Å². The van der Waals surface area contributed by atoms with Gasteiger partial charge in [0, 0.05) is 17.9 Å². The summed E-state index contributed by atoms with van der Waals surface area (Å²) in [5.41, 5.74) is 4.91. The number of aryl methyl sites for hydroxylation is 4. The van der Waals surface area contributed by atoms with Crippen molar-refractivity contribution in [2.75, 3.05) is 5.32 Å². The van der Waals surface area contributed by atoms with Gasteiger partial charge in [-0.1, -0.05) is 25.1 Å². The molecule has 0 fully saturated rings. The van der Waals surface area contributed by atoms with Crippen LogP contribution in [0.5, 0.6) is 0 Å². The first-order valence-corrected chi connectivity index (χ1v) is 8.23. The second-order valence-corrected chi connectivity index (χ2v) is 6.09. The normalized spacial score (nSPS) is 11.0. The van der Waals surface area contributed by atoms with Crippen LogP contribution in [0.1, 0.15) is 40.7 Å². The van der Waals surface area contributed by atoms with Crippen LogP contribution < -0.4 is 5.32 Å². The van der Waals surface area contributed by atoms with Crippen LogP contribution in [0.15, 0.2) is 30.3 Å². The molecule has 1 amide bonds. The molecule has 5 heteroatoms. The third-order valence-electron chi connectivity index (χ3n) is 4.08. The van der Waals surface area contributed by atoms with Crippen molar-refractivity contribution < 1.29 is 4.79 Å². The number of nitrogens with one attached hydrogen (secondary N) is 1. The van der Waals surface area contributed by atoms with Crippen LogP contribution in [0.4, 0.5) is 5.69 Å². The minimum absolute atomic E-state index is 0.126. The molecule has 3 rings (SSSR count). The Balaban J connectivity index is 2.08. The van der Waals surface area contributed by atoms with Crippen molar-refractivity contribution in [3.63, 3.8) is 0 Å². The Labute approximate surface area is 141 Å². The molecule has 5 nitrogen and oxygen atoms in total. The number of pyridine rings is 1. The van der Waals surface area contributed by atoms with Crippen LogP contribution in [-0.4, -0.2) is 20.7 Å². The van der Waals surface area contributed by atoms with Gasteiger partial charge in [0.25, 0.3) is 5.91 Å². The molecule has 2 aromatic heterocycles. The van der Waals surface area contributed by atoms with E-state index in [0.29, 0.717) is 5.56 Å². The van der Waals surface area contributed by atoms with E-state index in [-0.39, 0.29) is 5.91 Å². The predicted molar refractivity (Wildman–Crippen MR) is 96.4 cm³/mol. The molecule has 0 atom stereocenters. The Morgan fingerprint density at radius 2 is 1.96 bits per heavy atom. The predicted octanol–water partition coefficient (Wildman–Crippen LogP) is 4.02. The van der Waals surface area contributed by atoms with Gasteiger partial charge in [-0.25, -0.2) is 9.67 Å². The molecular weight excluding hydrogens is 300 g/mol. The van der Waals surface area contributed by atoms with Gasteiger partial charge in [0.15, 0.2) is 5.65 Å². The second kappa shape index (κ2) is 6.43. The lowest BCUT2D eigenvalue weighted by molar-refractivity contribution is 0.102. The smallest absolute Gasteiger partial charge is 0.256 e. The van der Waals surface area contributed by atoms with Crippen molar-refractivity contribution in [3.05, 3.63) is 52.8 Å². The number of fused-ring (bicyclic) bond motifs is 1. The molecule has 124 valence electrons. The molecule has 0 saturated heterocycles. The van der Waals surface area contributed by atoms with E-state index in [9.17, 15) is 4.79 Å². The third kappa shape index (κ3) is 2.89. The van der Waals surface area contributed by atoms with Crippen molar-refractivity contribution in [1.82, 2.24) is 14.8 Å². The molecule has 0 radical (unpaired) electrons. The summed E-state index contributed by atoms with van der Waals surface area (Å²) < 4.78 is 1.89. The van der Waals surface area contributed by atoms with E-state index in [2.05, 4.69) is 22.3 Å². The quantitative estimate of drug-likeness (QED) is 0.789. The first kappa shape index (κ1) is 16.2. The zero-order chi connectivity index (χ0) is 17.3. The Hall–Kier alpha value is -2.69. The molecule has 0 spiro atoms. The molecule has 2 heterocycles. The van der Waals surface area contributed by atoms with E-state index >= 15 is 0 Å². The molecule has 0 aliphatic rings. The maximum Gasteiger partial charge on any atom is 0.256 e. The molecule has 0 aliphatic carbocycles. The van der Waals surface area contributed by atoms with Crippen molar-refractivity contribution >= 4 is 22.6 Å². The van der Waals surface area contributed by atoms with E-state index in [0.717, 1.165) is 46.6 Å². The van der Waals surface area contributed by atoms with Crippen LogP contribution in [0.3, 0.4) is 0 Å². The van der Waals surface area contributed by atoms with Gasteiger partial charge in [-0.2, -0.15) is 5.10 Å². The van der Waals surface area contributed by atoms with E-state index < -0.39 is 0 Å². The summed E-state index contributed by atoms with van der Waals surface area (Å²) in [6, 6.07) is 9.60. The maximum atomic E-state index is 12.9. The van der Waals surface area contributed by atoms with E-state index in [4.69, 9.17) is 0 Å². The highest BCUT2D eigenvalue weighted by Gasteiger charge is 2.19. The van der Waals surface area contributed by atoms with Gasteiger partial charge in [-0.3, -0.25) is 4.79 Å². The number of nitrogens with zero attached hydrogens (tertiary/aromatic N) is 3. The van der Waals surface area contributed by atoms with Crippen molar-refractivity contribution in [2.24, 2.45) is 0 Å². The lowest BCUT2D eigenvalue weighted by Gasteiger charge is -2.10. The second-order valence-electron chi connectivity index (χ2n) is 6.09. The fourth-order valence-corrected chi connectivity index (χ4v) is 2.93. The summed E-state index contributed by atoms with van der Waals surface area (Å²) in [4.78, 5) is 17.5. The standard InChI is InChI=1S/C19H22N4O/c1-5-10-23-18-17(14(4)22-23)15(11-13(3)20-18)19(24)21-16-9-7-6-8-12(16)2/h6-9,11H,5,10H2,1-4H3,(H,21,24). The average molecular weight is 322 g/mol. The van der Waals surface area contributed by atoms with Crippen LogP contribution in [0, 0.1) is 20.8 Å². The first-order valence-electron chi connectivity index (χ1n) is 8.23. The number of carbonyl (C=O) groups excluding carboxylic acids is 1. The van der Waals surface area contributed by atoms with Crippen LogP contribution in [0.2, 0.25) is 0 Å². The topological polar surface area (TPSA) is 59.8 Å². The van der Waals surface area contributed by atoms with Crippen LogP contribution in [0.25, 0.3) is 11.0 Å². The highest BCUT2D eigenvalue weighted by atomic mass is 16.1. The van der Waals surface area contributed by atoms with Crippen molar-refractivity contribution in [3.8, 4) is 0 Å². The fraction of sp³-hybridized carbons (Fsp3) is 0.316. The average Bonchev–Trinajstić information content (AvgIpc) is 2.85. The van der Waals surface area contributed by atoms with Crippen molar-refractivity contribution in [2.45, 2.75) is 40.7 Å². The third-order valence-corrected chi connectivity index (χ3v) is 4.08. The summed E-state index contributed by atoms with van der Waals surface area (Å²) in [5, 5.41) is 8.41. The Morgan fingerprint density at radius 3 is 2.67 bits per heavy atom. The minimum Gasteiger partial charge on any atom is -0.322 e. The zero-order valence-corrected chi connectivity index (χ0v) is 14.6. The number of benzene rings is 1. The molecule has 0 bridgehead atoms. The Bertz CT molecular complexity index is 911. The highest BCUT2D eigenvalue weighted by molar-refractivity contribution is 6.12. The van der Waals surface area contributed by atoms with Gasteiger partial charge in [0.1, 0.15) is 0 Å². The number of anilines is 1. The fourth-order valence-electron chi connectivity index (χ4n) is 2.93. The van der Waals surface area contributed by atoms with Crippen molar-refractivity contribution in [1.29, 1.82) is 0 Å². The largest absolute Gasteiger partial charge is 0.322 e. The highest BCUT2D eigenvalue weighted by Crippen LogP contribution is 2.24. The van der Waals surface area contributed by atoms with Gasteiger partial charge < -0.3 is 5.32 Å². The summed E-state index contributed by atoms with van der Waals surface area (Å²) in [6.07, 6.45) is 0.969. The van der Waals surface area contributed by atoms with Gasteiger partial charge in [0.05, 0.1) is 16.6 Å². The molecule has 0 saturated carbocycles. The van der Waals surface area contributed by atoms with Gasteiger partial charge >= 0.3 is 0 Å². The van der Waals surface area contributed by atoms with E-state index in [1.54, 1.807) is 0 Å². The zero-order valence-electron chi connectivity index (χ0n) is 14.6. The number of hydrogen-bond donors (Lipinski definition) is 1. The van der Waals surface area contributed by atoms with Gasteiger partial charge in [-0.15, -0.1) is 0 Å². The molecule has 24 heavy (non-hydrogen) atoms. The first-order chi connectivity index (χ1) is 11.5. The molecule has 0 unspecified atom stereocenters. The summed E-state index contributed by atoms with van der Waals surface area (Å²) in [6.45, 7) is 8.70. The van der Waals surface area contributed by atoms with Crippen LogP contribution in [-0.2, 0) is 6.54 Å². The SMILES string of the molecule is CCCn1nc(C)c2c(C(=O)Nc3ccccc3C)cc(C)nc21. The Morgan fingerprint density at radius 1 is 1.21 bits per heavy atom. The summed E-state index contributed by atoms with van der Waals surface area (Å²) >= 11 is 0. The summed E-state index contributed by atoms with van der Waals surface area (Å²) in [5.74, 6) is -0.126. The monoisotopic (exact) mass is 322 g/mol. The minimum atomic E-state index is -0.126. The number of aromatic nitrogens is 3. The van der Waals surface area contributed by atoms with E-state index in [1.165, 1.54) is 0 Å². The molecule has 3 aromatic rings. The number of hydrogen-bond acceptors (Lipinski definition) is 3. The number of carbonyl (C=O) groups is 1. The van der Waals surface area contributed by atoms with Crippen LogP contribution >= 0.6 is 0 Å². The number of para-hydroxylation sites is 1. The lowest BCUT2D eigenvalue weighted by Crippen LogP contribution is -2.14. The molecular formula is C19H22N4O. The van der Waals surface area contributed by atoms with Gasteiger partial charge in [0.2, 0.25) is 0 Å². The van der Waals surface area contributed by atoms with E-state index in [1.807, 2.05) is 55.8 Å². The molecule has 0 aliphatic heterocycles.